The van der Waals surface area contributed by atoms with Crippen LogP contribution in [-0.4, -0.2) is 19.5 Å². The van der Waals surface area contributed by atoms with E-state index < -0.39 is 0 Å². The summed E-state index contributed by atoms with van der Waals surface area (Å²) in [5.74, 6) is 0.794. The Hall–Kier alpha value is -3.24. The first kappa shape index (κ1) is 16.0. The third kappa shape index (κ3) is 2.75. The zero-order valence-electron chi connectivity index (χ0n) is 14.6. The maximum Gasteiger partial charge on any atom is 0.199 e. The zero-order chi connectivity index (χ0) is 18.4. The van der Waals surface area contributed by atoms with Gasteiger partial charge < -0.3 is 0 Å². The summed E-state index contributed by atoms with van der Waals surface area (Å²) in [6.45, 7) is 2.07. The number of para-hydroxylation sites is 2. The molecule has 5 rings (SSSR count). The molecule has 0 fully saturated rings. The predicted octanol–water partition coefficient (Wildman–Crippen LogP) is 5.60. The van der Waals surface area contributed by atoms with Gasteiger partial charge in [0.2, 0.25) is 0 Å². The molecule has 3 aromatic carbocycles. The van der Waals surface area contributed by atoms with Crippen LogP contribution in [0.2, 0.25) is 5.02 Å². The number of aryl methyl sites for hydroxylation is 1. The summed E-state index contributed by atoms with van der Waals surface area (Å²) >= 11 is 6.26. The fourth-order valence-electron chi connectivity index (χ4n) is 3.21. The zero-order valence-corrected chi connectivity index (χ0v) is 15.4. The van der Waals surface area contributed by atoms with Gasteiger partial charge in [-0.15, -0.1) is 0 Å². The third-order valence-corrected chi connectivity index (χ3v) is 4.78. The molecule has 0 aliphatic heterocycles. The Balaban J connectivity index is 1.88. The van der Waals surface area contributed by atoms with E-state index in [2.05, 4.69) is 31.2 Å². The average molecular weight is 371 g/mol. The molecule has 2 heterocycles. The number of hydrogen-bond acceptors (Lipinski definition) is 3. The summed E-state index contributed by atoms with van der Waals surface area (Å²) in [4.78, 5) is 14.4. The average Bonchev–Trinajstić information content (AvgIpc) is 3.05. The highest BCUT2D eigenvalue weighted by Crippen LogP contribution is 2.29. The molecular formula is C22H15ClN4. The molecule has 5 aromatic rings. The van der Waals surface area contributed by atoms with Gasteiger partial charge in [-0.2, -0.15) is 0 Å². The first-order valence-corrected chi connectivity index (χ1v) is 9.05. The van der Waals surface area contributed by atoms with Crippen molar-refractivity contribution in [3.05, 3.63) is 83.4 Å². The lowest BCUT2D eigenvalue weighted by Gasteiger charge is -2.09. The second kappa shape index (κ2) is 6.18. The third-order valence-electron chi connectivity index (χ3n) is 4.55. The Bertz CT molecular complexity index is 1290. The summed E-state index contributed by atoms with van der Waals surface area (Å²) in [5, 5.41) is 0.665. The molecule has 4 nitrogen and oxygen atoms in total. The van der Waals surface area contributed by atoms with Crippen LogP contribution in [0, 0.1) is 6.92 Å². The van der Waals surface area contributed by atoms with Gasteiger partial charge in [0.15, 0.2) is 11.3 Å². The van der Waals surface area contributed by atoms with Crippen LogP contribution in [-0.2, 0) is 0 Å². The van der Waals surface area contributed by atoms with Gasteiger partial charge in [-0.1, -0.05) is 59.6 Å². The number of imidazole rings is 1. The van der Waals surface area contributed by atoms with Crippen molar-refractivity contribution in [1.29, 1.82) is 0 Å². The molecule has 0 N–H and O–H groups in total. The summed E-state index contributed by atoms with van der Waals surface area (Å²) < 4.78 is 2.02. The van der Waals surface area contributed by atoms with Gasteiger partial charge in [-0.3, -0.25) is 4.57 Å². The van der Waals surface area contributed by atoms with Crippen molar-refractivity contribution in [2.75, 3.05) is 0 Å². The van der Waals surface area contributed by atoms with Crippen LogP contribution in [0.1, 0.15) is 5.56 Å². The maximum absolute atomic E-state index is 6.26. The van der Waals surface area contributed by atoms with E-state index in [-0.39, 0.29) is 0 Å². The Morgan fingerprint density at radius 1 is 0.778 bits per heavy atom. The van der Waals surface area contributed by atoms with Gasteiger partial charge in [-0.05, 0) is 37.3 Å². The summed E-state index contributed by atoms with van der Waals surface area (Å²) in [7, 11) is 0. The van der Waals surface area contributed by atoms with Crippen LogP contribution in [0.25, 0.3) is 39.4 Å². The minimum atomic E-state index is 0.615. The van der Waals surface area contributed by atoms with E-state index in [4.69, 9.17) is 26.6 Å². The minimum absolute atomic E-state index is 0.615. The van der Waals surface area contributed by atoms with Crippen molar-refractivity contribution >= 4 is 33.9 Å². The fourth-order valence-corrected chi connectivity index (χ4v) is 3.40. The predicted molar refractivity (Wildman–Crippen MR) is 109 cm³/mol. The summed E-state index contributed by atoms with van der Waals surface area (Å²) in [6, 6.07) is 23.8. The number of hydrogen-bond donors (Lipinski definition) is 0. The number of benzene rings is 3. The van der Waals surface area contributed by atoms with Gasteiger partial charge in [0.05, 0.1) is 16.7 Å². The molecule has 0 saturated carbocycles. The first-order valence-electron chi connectivity index (χ1n) is 8.67. The fraction of sp³-hybridized carbons (Fsp3) is 0.0455. The second-order valence-corrected chi connectivity index (χ2v) is 6.91. The molecule has 0 unspecified atom stereocenters. The molecule has 0 aliphatic carbocycles. The van der Waals surface area contributed by atoms with E-state index in [0.717, 1.165) is 28.1 Å². The highest BCUT2D eigenvalue weighted by Gasteiger charge is 2.17. The Kier molecular flexibility index (Phi) is 3.66. The van der Waals surface area contributed by atoms with E-state index in [1.165, 1.54) is 5.56 Å². The van der Waals surface area contributed by atoms with Crippen molar-refractivity contribution in [2.45, 2.75) is 6.92 Å². The lowest BCUT2D eigenvalue weighted by atomic mass is 10.1. The highest BCUT2D eigenvalue weighted by atomic mass is 35.5. The van der Waals surface area contributed by atoms with Crippen molar-refractivity contribution in [2.24, 2.45) is 0 Å². The van der Waals surface area contributed by atoms with Crippen LogP contribution >= 0.6 is 11.6 Å². The van der Waals surface area contributed by atoms with Crippen LogP contribution in [0.4, 0.5) is 0 Å². The lowest BCUT2D eigenvalue weighted by Crippen LogP contribution is -1.99. The standard InChI is InChI=1S/C22H15ClN4/c1-14-9-11-15(12-10-14)21-26-20-22(25-19-8-3-2-7-18(19)24-20)27(21)17-6-4-5-16(23)13-17/h2-13H,1H3. The number of fused-ring (bicyclic) bond motifs is 2. The van der Waals surface area contributed by atoms with Crippen molar-refractivity contribution in [3.8, 4) is 17.1 Å². The molecule has 0 radical (unpaired) electrons. The van der Waals surface area contributed by atoms with E-state index in [9.17, 15) is 0 Å². The van der Waals surface area contributed by atoms with E-state index >= 15 is 0 Å². The van der Waals surface area contributed by atoms with Crippen LogP contribution in [0.15, 0.2) is 72.8 Å². The molecule has 5 heteroatoms. The van der Waals surface area contributed by atoms with Gasteiger partial charge in [0.25, 0.3) is 0 Å². The van der Waals surface area contributed by atoms with E-state index in [1.54, 1.807) is 0 Å². The minimum Gasteiger partial charge on any atom is -0.275 e. The lowest BCUT2D eigenvalue weighted by molar-refractivity contribution is 1.08. The summed E-state index contributed by atoms with van der Waals surface area (Å²) in [5.41, 5.74) is 6.11. The van der Waals surface area contributed by atoms with Crippen molar-refractivity contribution in [1.82, 2.24) is 19.5 Å². The summed E-state index contributed by atoms with van der Waals surface area (Å²) in [6.07, 6.45) is 0. The van der Waals surface area contributed by atoms with Gasteiger partial charge in [0.1, 0.15) is 5.82 Å². The van der Waals surface area contributed by atoms with E-state index in [1.807, 2.05) is 53.1 Å². The van der Waals surface area contributed by atoms with Crippen molar-refractivity contribution in [3.63, 3.8) is 0 Å². The second-order valence-electron chi connectivity index (χ2n) is 6.48. The highest BCUT2D eigenvalue weighted by molar-refractivity contribution is 6.30. The molecule has 2 aromatic heterocycles. The topological polar surface area (TPSA) is 43.6 Å². The van der Waals surface area contributed by atoms with Gasteiger partial charge in [-0.25, -0.2) is 15.0 Å². The van der Waals surface area contributed by atoms with Crippen LogP contribution < -0.4 is 0 Å². The van der Waals surface area contributed by atoms with Crippen molar-refractivity contribution < 1.29 is 0 Å². The SMILES string of the molecule is Cc1ccc(-c2nc3nc4ccccc4nc3n2-c2cccc(Cl)c2)cc1. The molecule has 27 heavy (non-hydrogen) atoms. The largest absolute Gasteiger partial charge is 0.275 e. The maximum atomic E-state index is 6.26. The molecule has 0 saturated heterocycles. The quantitative estimate of drug-likeness (QED) is 0.406. The Labute approximate surface area is 161 Å². The molecule has 130 valence electrons. The van der Waals surface area contributed by atoms with E-state index in [0.29, 0.717) is 16.3 Å². The monoisotopic (exact) mass is 370 g/mol. The van der Waals surface area contributed by atoms with Crippen LogP contribution in [0.3, 0.4) is 0 Å². The molecule has 0 bridgehead atoms. The molecule has 0 amide bonds. The first-order chi connectivity index (χ1) is 13.2. The smallest absolute Gasteiger partial charge is 0.199 e. The Morgan fingerprint density at radius 2 is 1.52 bits per heavy atom. The Morgan fingerprint density at radius 3 is 2.26 bits per heavy atom. The van der Waals surface area contributed by atoms with Gasteiger partial charge in [0, 0.05) is 10.6 Å². The molecule has 0 atom stereocenters. The van der Waals surface area contributed by atoms with Crippen LogP contribution in [0.5, 0.6) is 0 Å². The number of halogens is 1. The number of rotatable bonds is 2. The molecule has 0 spiro atoms. The molecule has 0 aliphatic rings. The normalized spacial score (nSPS) is 11.3. The van der Waals surface area contributed by atoms with Gasteiger partial charge >= 0.3 is 0 Å². The molecular weight excluding hydrogens is 356 g/mol. The number of nitrogens with zero attached hydrogens (tertiary/aromatic N) is 4. The number of aromatic nitrogens is 4.